The summed E-state index contributed by atoms with van der Waals surface area (Å²) in [7, 11) is -2.38. The van der Waals surface area contributed by atoms with Gasteiger partial charge in [-0.1, -0.05) is 18.2 Å². The van der Waals surface area contributed by atoms with E-state index < -0.39 is 15.8 Å². The highest BCUT2D eigenvalue weighted by atomic mass is 32.2. The number of rotatable bonds is 7. The molecular weight excluding hydrogens is 371 g/mol. The quantitative estimate of drug-likeness (QED) is 0.721. The Kier molecular flexibility index (Phi) is 6.30. The van der Waals surface area contributed by atoms with Crippen LogP contribution in [0.25, 0.3) is 0 Å². The van der Waals surface area contributed by atoms with E-state index in [-0.39, 0.29) is 10.6 Å². The molecule has 1 aliphatic heterocycles. The molecule has 0 spiro atoms. The molecular formula is C19H23FN2O4S. The van der Waals surface area contributed by atoms with Gasteiger partial charge in [0.15, 0.2) is 11.6 Å². The Morgan fingerprint density at radius 2 is 1.74 bits per heavy atom. The number of methoxy groups -OCH3 is 1. The predicted octanol–water partition coefficient (Wildman–Crippen LogP) is 2.22. The lowest BCUT2D eigenvalue weighted by atomic mass is 10.3. The number of halogens is 1. The summed E-state index contributed by atoms with van der Waals surface area (Å²) in [6, 6.07) is 13.3. The molecule has 1 heterocycles. The number of ether oxygens (including phenoxy) is 2. The minimum Gasteiger partial charge on any atom is -0.494 e. The third kappa shape index (κ3) is 4.77. The fourth-order valence-electron chi connectivity index (χ4n) is 2.96. The van der Waals surface area contributed by atoms with Crippen LogP contribution in [0.2, 0.25) is 0 Å². The first kappa shape index (κ1) is 19.6. The van der Waals surface area contributed by atoms with Crippen LogP contribution < -0.4 is 9.47 Å². The molecule has 1 aliphatic rings. The largest absolute Gasteiger partial charge is 0.494 e. The molecule has 0 radical (unpaired) electrons. The van der Waals surface area contributed by atoms with E-state index in [9.17, 15) is 12.8 Å². The van der Waals surface area contributed by atoms with Crippen LogP contribution in [0.4, 0.5) is 4.39 Å². The first-order valence-electron chi connectivity index (χ1n) is 8.74. The number of para-hydroxylation sites is 1. The number of nitrogens with zero attached hydrogens (tertiary/aromatic N) is 2. The maximum absolute atomic E-state index is 13.9. The second-order valence-electron chi connectivity index (χ2n) is 6.20. The minimum absolute atomic E-state index is 0.0252. The summed E-state index contributed by atoms with van der Waals surface area (Å²) in [5.74, 6) is 0.160. The van der Waals surface area contributed by atoms with E-state index in [1.807, 2.05) is 30.3 Å². The maximum Gasteiger partial charge on any atom is 0.243 e. The van der Waals surface area contributed by atoms with Crippen molar-refractivity contribution in [2.75, 3.05) is 46.4 Å². The molecule has 0 unspecified atom stereocenters. The van der Waals surface area contributed by atoms with Gasteiger partial charge >= 0.3 is 0 Å². The van der Waals surface area contributed by atoms with Crippen LogP contribution in [0.3, 0.4) is 0 Å². The molecule has 1 saturated heterocycles. The monoisotopic (exact) mass is 394 g/mol. The van der Waals surface area contributed by atoms with Crippen molar-refractivity contribution >= 4 is 10.0 Å². The molecule has 3 rings (SSSR count). The van der Waals surface area contributed by atoms with Crippen molar-refractivity contribution in [2.24, 2.45) is 0 Å². The Bertz CT molecular complexity index is 853. The average Bonchev–Trinajstić information content (AvgIpc) is 2.69. The maximum atomic E-state index is 13.9. The Hall–Kier alpha value is -2.16. The topological polar surface area (TPSA) is 59.1 Å². The van der Waals surface area contributed by atoms with Gasteiger partial charge in [0.05, 0.1) is 12.0 Å². The molecule has 0 aromatic heterocycles. The molecule has 6 nitrogen and oxygen atoms in total. The fraction of sp³-hybridized carbons (Fsp3) is 0.368. The molecule has 2 aromatic carbocycles. The SMILES string of the molecule is COc1ccc(S(=O)(=O)N2CCN(CCOc3ccccc3)CC2)cc1F. The summed E-state index contributed by atoms with van der Waals surface area (Å²) in [5, 5.41) is 0. The van der Waals surface area contributed by atoms with Crippen LogP contribution in [0.1, 0.15) is 0 Å². The third-order valence-electron chi connectivity index (χ3n) is 4.51. The van der Waals surface area contributed by atoms with Crippen molar-refractivity contribution in [1.29, 1.82) is 0 Å². The summed E-state index contributed by atoms with van der Waals surface area (Å²) in [5.41, 5.74) is 0. The zero-order chi connectivity index (χ0) is 19.3. The highest BCUT2D eigenvalue weighted by Crippen LogP contribution is 2.23. The fourth-order valence-corrected chi connectivity index (χ4v) is 4.39. The molecule has 0 atom stereocenters. The normalized spacial score (nSPS) is 16.2. The van der Waals surface area contributed by atoms with Gasteiger partial charge in [-0.2, -0.15) is 4.31 Å². The highest BCUT2D eigenvalue weighted by Gasteiger charge is 2.29. The first-order valence-corrected chi connectivity index (χ1v) is 10.2. The number of piperazine rings is 1. The van der Waals surface area contributed by atoms with Gasteiger partial charge in [-0.25, -0.2) is 12.8 Å². The molecule has 8 heteroatoms. The van der Waals surface area contributed by atoms with Crippen molar-refractivity contribution in [3.05, 3.63) is 54.3 Å². The van der Waals surface area contributed by atoms with Crippen LogP contribution in [-0.4, -0.2) is 64.1 Å². The summed E-state index contributed by atoms with van der Waals surface area (Å²) in [4.78, 5) is 2.10. The van der Waals surface area contributed by atoms with Crippen LogP contribution in [0, 0.1) is 5.82 Å². The molecule has 0 saturated carbocycles. The second kappa shape index (κ2) is 8.69. The van der Waals surface area contributed by atoms with Gasteiger partial charge in [0.1, 0.15) is 12.4 Å². The van der Waals surface area contributed by atoms with Crippen molar-refractivity contribution in [2.45, 2.75) is 4.90 Å². The van der Waals surface area contributed by atoms with E-state index in [2.05, 4.69) is 4.90 Å². The van der Waals surface area contributed by atoms with E-state index in [1.165, 1.54) is 23.5 Å². The number of hydrogen-bond acceptors (Lipinski definition) is 5. The van der Waals surface area contributed by atoms with Gasteiger partial charge in [0.2, 0.25) is 10.0 Å². The molecule has 1 fully saturated rings. The lowest BCUT2D eigenvalue weighted by Gasteiger charge is -2.33. The van der Waals surface area contributed by atoms with Gasteiger partial charge in [0.25, 0.3) is 0 Å². The second-order valence-corrected chi connectivity index (χ2v) is 8.14. The van der Waals surface area contributed by atoms with Crippen molar-refractivity contribution in [3.63, 3.8) is 0 Å². The predicted molar refractivity (Wildman–Crippen MR) is 100 cm³/mol. The highest BCUT2D eigenvalue weighted by molar-refractivity contribution is 7.89. The van der Waals surface area contributed by atoms with E-state index >= 15 is 0 Å². The molecule has 0 aliphatic carbocycles. The Balaban J connectivity index is 1.52. The zero-order valence-corrected chi connectivity index (χ0v) is 16.0. The van der Waals surface area contributed by atoms with Crippen LogP contribution in [0.5, 0.6) is 11.5 Å². The smallest absolute Gasteiger partial charge is 0.243 e. The molecule has 0 amide bonds. The Morgan fingerprint density at radius 1 is 1.04 bits per heavy atom. The zero-order valence-electron chi connectivity index (χ0n) is 15.2. The molecule has 27 heavy (non-hydrogen) atoms. The summed E-state index contributed by atoms with van der Waals surface area (Å²) in [6.45, 7) is 3.20. The lowest BCUT2D eigenvalue weighted by molar-refractivity contribution is 0.159. The molecule has 0 N–H and O–H groups in total. The van der Waals surface area contributed by atoms with Gasteiger partial charge in [-0.05, 0) is 30.3 Å². The third-order valence-corrected chi connectivity index (χ3v) is 6.41. The van der Waals surface area contributed by atoms with E-state index in [4.69, 9.17) is 9.47 Å². The van der Waals surface area contributed by atoms with Gasteiger partial charge < -0.3 is 9.47 Å². The van der Waals surface area contributed by atoms with Crippen molar-refractivity contribution < 1.29 is 22.3 Å². The summed E-state index contributed by atoms with van der Waals surface area (Å²) < 4.78 is 51.2. The molecule has 0 bridgehead atoms. The number of hydrogen-bond donors (Lipinski definition) is 0. The van der Waals surface area contributed by atoms with Crippen LogP contribution in [0.15, 0.2) is 53.4 Å². The first-order chi connectivity index (χ1) is 13.0. The van der Waals surface area contributed by atoms with Gasteiger partial charge in [-0.15, -0.1) is 0 Å². The van der Waals surface area contributed by atoms with Crippen molar-refractivity contribution in [1.82, 2.24) is 9.21 Å². The Morgan fingerprint density at radius 3 is 2.37 bits per heavy atom. The number of sulfonamides is 1. The summed E-state index contributed by atoms with van der Waals surface area (Å²) >= 11 is 0. The molecule has 146 valence electrons. The molecule has 2 aromatic rings. The average molecular weight is 394 g/mol. The van der Waals surface area contributed by atoms with Gasteiger partial charge in [0, 0.05) is 32.7 Å². The van der Waals surface area contributed by atoms with Gasteiger partial charge in [-0.3, -0.25) is 4.90 Å². The van der Waals surface area contributed by atoms with Crippen LogP contribution >= 0.6 is 0 Å². The van der Waals surface area contributed by atoms with E-state index in [0.29, 0.717) is 32.8 Å². The standard InChI is InChI=1S/C19H23FN2O4S/c1-25-19-8-7-17(15-18(19)20)27(23,24)22-11-9-21(10-12-22)13-14-26-16-5-3-2-4-6-16/h2-8,15H,9-14H2,1H3. The summed E-state index contributed by atoms with van der Waals surface area (Å²) in [6.07, 6.45) is 0. The Labute approximate surface area is 159 Å². The van der Waals surface area contributed by atoms with Crippen LogP contribution in [-0.2, 0) is 10.0 Å². The minimum atomic E-state index is -3.72. The lowest BCUT2D eigenvalue weighted by Crippen LogP contribution is -2.49. The van der Waals surface area contributed by atoms with E-state index in [1.54, 1.807) is 0 Å². The van der Waals surface area contributed by atoms with Crippen molar-refractivity contribution in [3.8, 4) is 11.5 Å². The van der Waals surface area contributed by atoms with E-state index in [0.717, 1.165) is 18.4 Å². The number of benzene rings is 2.